The van der Waals surface area contributed by atoms with Gasteiger partial charge >= 0.3 is 0 Å². The van der Waals surface area contributed by atoms with Crippen molar-refractivity contribution in [3.05, 3.63) is 29.8 Å². The first-order valence-corrected chi connectivity index (χ1v) is 6.08. The molecule has 1 saturated carbocycles. The summed E-state index contributed by atoms with van der Waals surface area (Å²) in [7, 11) is 0. The Balaban J connectivity index is 2.13. The maximum Gasteiger partial charge on any atom is 0.165 e. The molecule has 0 heterocycles. The monoisotopic (exact) mass is 290 g/mol. The molecule has 1 aromatic rings. The van der Waals surface area contributed by atoms with Crippen LogP contribution in [-0.4, -0.2) is 10.9 Å². The second-order valence-corrected chi connectivity index (χ2v) is 5.81. The molecule has 2 rings (SSSR count). The van der Waals surface area contributed by atoms with E-state index in [1.807, 2.05) is 13.8 Å². The Labute approximate surface area is 102 Å². The Bertz CT molecular complexity index is 406. The SMILES string of the molecule is CC1(C)C(Br)CC1Oc1cc(F)ccc1F. The topological polar surface area (TPSA) is 9.23 Å². The number of hydrogen-bond acceptors (Lipinski definition) is 1. The van der Waals surface area contributed by atoms with Gasteiger partial charge < -0.3 is 4.74 Å². The van der Waals surface area contributed by atoms with Crippen LogP contribution in [-0.2, 0) is 0 Å². The van der Waals surface area contributed by atoms with Crippen LogP contribution in [0.25, 0.3) is 0 Å². The number of hydrogen-bond donors (Lipinski definition) is 0. The summed E-state index contributed by atoms with van der Waals surface area (Å²) < 4.78 is 31.8. The highest BCUT2D eigenvalue weighted by Gasteiger charge is 2.48. The van der Waals surface area contributed by atoms with E-state index in [-0.39, 0.29) is 17.3 Å². The normalized spacial score (nSPS) is 27.3. The molecule has 0 spiro atoms. The lowest BCUT2D eigenvalue weighted by Gasteiger charge is -2.48. The van der Waals surface area contributed by atoms with Gasteiger partial charge in [-0.1, -0.05) is 29.8 Å². The van der Waals surface area contributed by atoms with Gasteiger partial charge in [0.25, 0.3) is 0 Å². The summed E-state index contributed by atoms with van der Waals surface area (Å²) in [6.45, 7) is 4.08. The molecule has 16 heavy (non-hydrogen) atoms. The summed E-state index contributed by atoms with van der Waals surface area (Å²) in [5.74, 6) is -1.00. The summed E-state index contributed by atoms with van der Waals surface area (Å²) >= 11 is 3.52. The minimum absolute atomic E-state index is 0.00234. The summed E-state index contributed by atoms with van der Waals surface area (Å²) in [4.78, 5) is 0.363. The van der Waals surface area contributed by atoms with E-state index < -0.39 is 11.6 Å². The molecule has 1 nitrogen and oxygen atoms in total. The van der Waals surface area contributed by atoms with Crippen LogP contribution in [0, 0.1) is 17.0 Å². The fraction of sp³-hybridized carbons (Fsp3) is 0.500. The summed E-state index contributed by atoms with van der Waals surface area (Å²) in [5.41, 5.74) is -0.0568. The quantitative estimate of drug-likeness (QED) is 0.751. The lowest BCUT2D eigenvalue weighted by atomic mass is 9.69. The molecular weight excluding hydrogens is 278 g/mol. The van der Waals surface area contributed by atoms with Crippen LogP contribution in [0.15, 0.2) is 18.2 Å². The predicted octanol–water partition coefficient (Wildman–Crippen LogP) is 3.91. The first kappa shape index (κ1) is 11.8. The molecule has 0 N–H and O–H groups in total. The molecule has 1 aliphatic carbocycles. The van der Waals surface area contributed by atoms with Gasteiger partial charge in [0, 0.05) is 16.3 Å². The third kappa shape index (κ3) is 1.95. The van der Waals surface area contributed by atoms with E-state index in [1.165, 1.54) is 0 Å². The van der Waals surface area contributed by atoms with Gasteiger partial charge in [0.05, 0.1) is 0 Å². The molecule has 1 aliphatic rings. The first-order valence-electron chi connectivity index (χ1n) is 5.17. The number of benzene rings is 1. The first-order chi connectivity index (χ1) is 7.41. The third-order valence-corrected chi connectivity index (χ3v) is 4.77. The van der Waals surface area contributed by atoms with Crippen molar-refractivity contribution in [2.75, 3.05) is 0 Å². The highest BCUT2D eigenvalue weighted by atomic mass is 79.9. The molecule has 2 atom stereocenters. The van der Waals surface area contributed by atoms with Crippen LogP contribution in [0.2, 0.25) is 0 Å². The van der Waals surface area contributed by atoms with Crippen molar-refractivity contribution in [3.63, 3.8) is 0 Å². The zero-order valence-corrected chi connectivity index (χ0v) is 10.7. The molecule has 4 heteroatoms. The molecule has 0 saturated heterocycles. The van der Waals surface area contributed by atoms with Gasteiger partial charge in [0.1, 0.15) is 11.9 Å². The number of rotatable bonds is 2. The number of ether oxygens (including phenoxy) is 1. The molecule has 88 valence electrons. The van der Waals surface area contributed by atoms with Crippen molar-refractivity contribution in [1.82, 2.24) is 0 Å². The van der Waals surface area contributed by atoms with Crippen molar-refractivity contribution in [1.29, 1.82) is 0 Å². The van der Waals surface area contributed by atoms with E-state index in [0.29, 0.717) is 4.83 Å². The maximum absolute atomic E-state index is 13.3. The third-order valence-electron chi connectivity index (χ3n) is 3.22. The zero-order valence-electron chi connectivity index (χ0n) is 9.14. The van der Waals surface area contributed by atoms with E-state index in [4.69, 9.17) is 4.74 Å². The van der Waals surface area contributed by atoms with Crippen molar-refractivity contribution < 1.29 is 13.5 Å². The lowest BCUT2D eigenvalue weighted by Crippen LogP contribution is -2.53. The smallest absolute Gasteiger partial charge is 0.165 e. The van der Waals surface area contributed by atoms with Crippen molar-refractivity contribution >= 4 is 15.9 Å². The van der Waals surface area contributed by atoms with Crippen LogP contribution in [0.4, 0.5) is 8.78 Å². The zero-order chi connectivity index (χ0) is 11.9. The highest BCUT2D eigenvalue weighted by Crippen LogP contribution is 2.47. The second kappa shape index (κ2) is 3.99. The maximum atomic E-state index is 13.3. The summed E-state index contributed by atoms with van der Waals surface area (Å²) in [5, 5.41) is 0. The van der Waals surface area contributed by atoms with Gasteiger partial charge in [-0.05, 0) is 18.6 Å². The largest absolute Gasteiger partial charge is 0.487 e. The fourth-order valence-electron chi connectivity index (χ4n) is 1.76. The van der Waals surface area contributed by atoms with Gasteiger partial charge in [-0.15, -0.1) is 0 Å². The van der Waals surface area contributed by atoms with Crippen LogP contribution in [0.1, 0.15) is 20.3 Å². The van der Waals surface area contributed by atoms with E-state index in [9.17, 15) is 8.78 Å². The van der Waals surface area contributed by atoms with Crippen LogP contribution < -0.4 is 4.74 Å². The lowest BCUT2D eigenvalue weighted by molar-refractivity contribution is -0.0104. The van der Waals surface area contributed by atoms with Gasteiger partial charge in [-0.3, -0.25) is 0 Å². The van der Waals surface area contributed by atoms with E-state index in [2.05, 4.69) is 15.9 Å². The molecule has 1 fully saturated rings. The standard InChI is InChI=1S/C12H13BrF2O/c1-12(2)10(13)6-11(12)16-9-5-7(14)3-4-8(9)15/h3-5,10-11H,6H2,1-2H3. The molecule has 0 amide bonds. The number of halogens is 3. The van der Waals surface area contributed by atoms with E-state index in [0.717, 1.165) is 24.6 Å². The Kier molecular flexibility index (Phi) is 2.95. The van der Waals surface area contributed by atoms with Crippen molar-refractivity contribution in [2.24, 2.45) is 5.41 Å². The van der Waals surface area contributed by atoms with E-state index >= 15 is 0 Å². The average Bonchev–Trinajstić information content (AvgIpc) is 2.23. The van der Waals surface area contributed by atoms with Gasteiger partial charge in [0.15, 0.2) is 11.6 Å². The minimum Gasteiger partial charge on any atom is -0.487 e. The van der Waals surface area contributed by atoms with Crippen LogP contribution in [0.3, 0.4) is 0 Å². The molecular formula is C12H13BrF2O. The molecule has 0 bridgehead atoms. The van der Waals surface area contributed by atoms with Crippen molar-refractivity contribution in [2.45, 2.75) is 31.2 Å². The second-order valence-electron chi connectivity index (χ2n) is 4.71. The van der Waals surface area contributed by atoms with Crippen LogP contribution >= 0.6 is 15.9 Å². The summed E-state index contributed by atoms with van der Waals surface area (Å²) in [6, 6.07) is 3.26. The fourth-order valence-corrected chi connectivity index (χ4v) is 2.39. The van der Waals surface area contributed by atoms with Crippen LogP contribution in [0.5, 0.6) is 5.75 Å². The average molecular weight is 291 g/mol. The number of alkyl halides is 1. The van der Waals surface area contributed by atoms with Gasteiger partial charge in [-0.25, -0.2) is 8.78 Å². The van der Waals surface area contributed by atoms with Gasteiger partial charge in [-0.2, -0.15) is 0 Å². The van der Waals surface area contributed by atoms with Crippen molar-refractivity contribution in [3.8, 4) is 5.75 Å². The Morgan fingerprint density at radius 1 is 1.38 bits per heavy atom. The molecule has 0 aromatic heterocycles. The summed E-state index contributed by atoms with van der Waals surface area (Å²) in [6.07, 6.45) is 0.733. The highest BCUT2D eigenvalue weighted by molar-refractivity contribution is 9.09. The Hall–Kier alpha value is -0.640. The molecule has 0 radical (unpaired) electrons. The van der Waals surface area contributed by atoms with Gasteiger partial charge in [0.2, 0.25) is 0 Å². The van der Waals surface area contributed by atoms with E-state index in [1.54, 1.807) is 0 Å². The molecule has 1 aromatic carbocycles. The predicted molar refractivity (Wildman–Crippen MR) is 61.9 cm³/mol. The molecule has 0 aliphatic heterocycles. The Morgan fingerprint density at radius 3 is 2.62 bits per heavy atom. The minimum atomic E-state index is -0.518. The Morgan fingerprint density at radius 2 is 2.06 bits per heavy atom. The molecule has 2 unspecified atom stereocenters.